The molecule has 1 aromatic rings. The monoisotopic (exact) mass is 135 g/mol. The van der Waals surface area contributed by atoms with Gasteiger partial charge in [-0.3, -0.25) is 4.79 Å². The quantitative estimate of drug-likeness (QED) is 0.604. The fourth-order valence-electron chi connectivity index (χ4n) is 0.828. The van der Waals surface area contributed by atoms with Gasteiger partial charge in [0, 0.05) is 6.42 Å². The van der Waals surface area contributed by atoms with E-state index < -0.39 is 0 Å². The highest BCUT2D eigenvalue weighted by Crippen LogP contribution is 1.98. The molecule has 1 nitrogen and oxygen atoms in total. The van der Waals surface area contributed by atoms with Crippen molar-refractivity contribution < 1.29 is 6.17 Å². The van der Waals surface area contributed by atoms with Crippen LogP contribution < -0.4 is 0 Å². The zero-order valence-corrected chi connectivity index (χ0v) is 5.92. The molecule has 0 aliphatic carbocycles. The van der Waals surface area contributed by atoms with E-state index in [9.17, 15) is 4.79 Å². The number of rotatable bonds is 2. The zero-order chi connectivity index (χ0) is 8.27. The second-order valence-electron chi connectivity index (χ2n) is 2.29. The molecule has 0 aromatic heterocycles. The van der Waals surface area contributed by atoms with Crippen LogP contribution in [0.15, 0.2) is 30.3 Å². The van der Waals surface area contributed by atoms with Gasteiger partial charge in [0.2, 0.25) is 0 Å². The SMILES string of the molecule is [2H]c1cccc(CC(C)=O)c1. The third kappa shape index (κ3) is 2.02. The van der Waals surface area contributed by atoms with Gasteiger partial charge in [-0.1, -0.05) is 30.3 Å². The lowest BCUT2D eigenvalue weighted by molar-refractivity contribution is -0.116. The van der Waals surface area contributed by atoms with Crippen LogP contribution in [-0.2, 0) is 11.2 Å². The van der Waals surface area contributed by atoms with Crippen molar-refractivity contribution in [1.29, 1.82) is 0 Å². The highest BCUT2D eigenvalue weighted by molar-refractivity contribution is 5.78. The molecule has 1 heteroatoms. The Balaban J connectivity index is 2.79. The molecular formula is C9H10O. The third-order valence-electron chi connectivity index (χ3n) is 1.22. The van der Waals surface area contributed by atoms with E-state index in [2.05, 4.69) is 0 Å². The maximum absolute atomic E-state index is 10.7. The van der Waals surface area contributed by atoms with Crippen LogP contribution in [0.1, 0.15) is 13.9 Å². The lowest BCUT2D eigenvalue weighted by Crippen LogP contribution is -1.94. The van der Waals surface area contributed by atoms with E-state index in [1.165, 1.54) is 0 Å². The Labute approximate surface area is 62.1 Å². The van der Waals surface area contributed by atoms with Crippen molar-refractivity contribution in [2.75, 3.05) is 0 Å². The molecular weight excluding hydrogens is 124 g/mol. The number of benzene rings is 1. The molecule has 0 saturated carbocycles. The summed E-state index contributed by atoms with van der Waals surface area (Å²) in [6, 6.07) is 7.52. The summed E-state index contributed by atoms with van der Waals surface area (Å²) >= 11 is 0. The second-order valence-corrected chi connectivity index (χ2v) is 2.29. The van der Waals surface area contributed by atoms with E-state index in [1.54, 1.807) is 25.1 Å². The van der Waals surface area contributed by atoms with E-state index in [4.69, 9.17) is 1.37 Å². The summed E-state index contributed by atoms with van der Waals surface area (Å²) in [5, 5.41) is 0. The van der Waals surface area contributed by atoms with E-state index >= 15 is 0 Å². The number of Topliss-reactive ketones (excluding diaryl/α,β-unsaturated/α-hetero) is 1. The van der Waals surface area contributed by atoms with Crippen molar-refractivity contribution in [1.82, 2.24) is 0 Å². The largest absolute Gasteiger partial charge is 0.300 e. The molecule has 0 saturated heterocycles. The van der Waals surface area contributed by atoms with Crippen LogP contribution >= 0.6 is 0 Å². The molecule has 0 spiro atoms. The predicted molar refractivity (Wildman–Crippen MR) is 40.8 cm³/mol. The van der Waals surface area contributed by atoms with Crippen molar-refractivity contribution in [3.63, 3.8) is 0 Å². The van der Waals surface area contributed by atoms with Gasteiger partial charge in [0.25, 0.3) is 0 Å². The first-order valence-corrected chi connectivity index (χ1v) is 3.23. The van der Waals surface area contributed by atoms with Gasteiger partial charge in [-0.05, 0) is 12.5 Å². The Morgan fingerprint density at radius 3 is 3.00 bits per heavy atom. The Morgan fingerprint density at radius 1 is 1.60 bits per heavy atom. The van der Waals surface area contributed by atoms with Crippen LogP contribution in [0.5, 0.6) is 0 Å². The van der Waals surface area contributed by atoms with Crippen molar-refractivity contribution in [2.24, 2.45) is 0 Å². The van der Waals surface area contributed by atoms with Gasteiger partial charge in [0.05, 0.1) is 1.37 Å². The molecule has 0 radical (unpaired) electrons. The summed E-state index contributed by atoms with van der Waals surface area (Å²) in [4.78, 5) is 10.7. The second kappa shape index (κ2) is 3.16. The summed E-state index contributed by atoms with van der Waals surface area (Å²) in [5.41, 5.74) is 0.921. The van der Waals surface area contributed by atoms with E-state index in [-0.39, 0.29) is 5.78 Å². The molecule has 0 amide bonds. The fraction of sp³-hybridized carbons (Fsp3) is 0.222. The van der Waals surface area contributed by atoms with E-state index in [0.29, 0.717) is 12.5 Å². The topological polar surface area (TPSA) is 17.1 Å². The average Bonchev–Trinajstić information content (AvgIpc) is 1.85. The highest BCUT2D eigenvalue weighted by atomic mass is 16.1. The number of ketones is 1. The van der Waals surface area contributed by atoms with Gasteiger partial charge in [0.1, 0.15) is 5.78 Å². The van der Waals surface area contributed by atoms with Gasteiger partial charge >= 0.3 is 0 Å². The Hall–Kier alpha value is -1.11. The van der Waals surface area contributed by atoms with Crippen molar-refractivity contribution >= 4 is 5.78 Å². The molecule has 0 aliphatic heterocycles. The number of hydrogen-bond donors (Lipinski definition) is 0. The number of carbonyl (C=O) groups is 1. The molecule has 0 aliphatic rings. The van der Waals surface area contributed by atoms with E-state index in [0.717, 1.165) is 5.56 Å². The molecule has 0 fully saturated rings. The van der Waals surface area contributed by atoms with Gasteiger partial charge in [0.15, 0.2) is 0 Å². The van der Waals surface area contributed by atoms with Crippen LogP contribution in [0.25, 0.3) is 0 Å². The highest BCUT2D eigenvalue weighted by Gasteiger charge is 1.93. The van der Waals surface area contributed by atoms with Crippen molar-refractivity contribution in [3.8, 4) is 0 Å². The summed E-state index contributed by atoms with van der Waals surface area (Å²) in [7, 11) is 0. The molecule has 0 atom stereocenters. The lowest BCUT2D eigenvalue weighted by Gasteiger charge is -1.93. The van der Waals surface area contributed by atoms with Gasteiger partial charge in [-0.25, -0.2) is 0 Å². The fourth-order valence-corrected chi connectivity index (χ4v) is 0.828. The van der Waals surface area contributed by atoms with Crippen LogP contribution in [0.3, 0.4) is 0 Å². The molecule has 0 unspecified atom stereocenters. The minimum atomic E-state index is 0.135. The summed E-state index contributed by atoms with van der Waals surface area (Å²) in [6.45, 7) is 1.55. The number of carbonyl (C=O) groups excluding carboxylic acids is 1. The zero-order valence-electron chi connectivity index (χ0n) is 6.92. The maximum atomic E-state index is 10.7. The standard InChI is InChI=1S/C9H10O/c1-8(10)7-9-5-3-2-4-6-9/h2-6H,7H2,1H3/i3D. The van der Waals surface area contributed by atoms with Crippen LogP contribution in [-0.4, -0.2) is 5.78 Å². The first kappa shape index (κ1) is 5.66. The maximum Gasteiger partial charge on any atom is 0.134 e. The lowest BCUT2D eigenvalue weighted by atomic mass is 10.1. The molecule has 0 bridgehead atoms. The number of hydrogen-bond acceptors (Lipinski definition) is 1. The van der Waals surface area contributed by atoms with Crippen molar-refractivity contribution in [2.45, 2.75) is 13.3 Å². The summed E-state index contributed by atoms with van der Waals surface area (Å²) in [6.07, 6.45) is 0.437. The Morgan fingerprint density at radius 2 is 2.40 bits per heavy atom. The first-order valence-electron chi connectivity index (χ1n) is 3.73. The molecule has 0 heterocycles. The van der Waals surface area contributed by atoms with Crippen molar-refractivity contribution in [3.05, 3.63) is 35.9 Å². The average molecular weight is 135 g/mol. The van der Waals surface area contributed by atoms with Crippen LogP contribution in [0, 0.1) is 0 Å². The van der Waals surface area contributed by atoms with Gasteiger partial charge in [-0.15, -0.1) is 0 Å². The smallest absolute Gasteiger partial charge is 0.134 e. The normalized spacial score (nSPS) is 10.7. The van der Waals surface area contributed by atoms with E-state index in [1.807, 2.05) is 6.07 Å². The summed E-state index contributed by atoms with van der Waals surface area (Å²) in [5.74, 6) is 0.135. The minimum absolute atomic E-state index is 0.135. The van der Waals surface area contributed by atoms with Gasteiger partial charge < -0.3 is 0 Å². The van der Waals surface area contributed by atoms with Crippen LogP contribution in [0.4, 0.5) is 0 Å². The molecule has 1 rings (SSSR count). The van der Waals surface area contributed by atoms with Crippen LogP contribution in [0.2, 0.25) is 0 Å². The summed E-state index contributed by atoms with van der Waals surface area (Å²) < 4.78 is 7.27. The first-order chi connectivity index (χ1) is 5.18. The Kier molecular flexibility index (Phi) is 1.79. The predicted octanol–water partition coefficient (Wildman–Crippen LogP) is 1.82. The third-order valence-corrected chi connectivity index (χ3v) is 1.22. The molecule has 0 N–H and O–H groups in total. The molecule has 10 heavy (non-hydrogen) atoms. The molecule has 1 aromatic carbocycles. The minimum Gasteiger partial charge on any atom is -0.300 e. The van der Waals surface area contributed by atoms with Gasteiger partial charge in [-0.2, -0.15) is 0 Å². The molecule has 52 valence electrons. The Bertz CT molecular complexity index is 268.